The van der Waals surface area contributed by atoms with Gasteiger partial charge in [-0.15, -0.1) is 5.73 Å². The molecule has 0 N–H and O–H groups in total. The first kappa shape index (κ1) is 8.10. The van der Waals surface area contributed by atoms with Gasteiger partial charge in [0.2, 0.25) is 0 Å². The van der Waals surface area contributed by atoms with Gasteiger partial charge >= 0.3 is 0 Å². The van der Waals surface area contributed by atoms with Crippen molar-refractivity contribution < 1.29 is 0 Å². The van der Waals surface area contributed by atoms with Gasteiger partial charge in [-0.2, -0.15) is 0 Å². The zero-order valence-electron chi connectivity index (χ0n) is 7.96. The first-order chi connectivity index (χ1) is 6.29. The predicted molar refractivity (Wildman–Crippen MR) is 56.6 cm³/mol. The van der Waals surface area contributed by atoms with Gasteiger partial charge in [-0.05, 0) is 42.3 Å². The van der Waals surface area contributed by atoms with Crippen molar-refractivity contribution >= 4 is 11.3 Å². The van der Waals surface area contributed by atoms with Crippen LogP contribution in [0.3, 0.4) is 0 Å². The molecular weight excluding hydrogens is 156 g/mol. The zero-order chi connectivity index (χ0) is 9.26. The molecular formula is C13H12. The molecule has 1 aromatic carbocycles. The molecule has 64 valence electrons. The Kier molecular flexibility index (Phi) is 1.92. The number of benzene rings is 1. The van der Waals surface area contributed by atoms with Gasteiger partial charge in [0.05, 0.1) is 0 Å². The number of fused-ring (bicyclic) bond motifs is 1. The van der Waals surface area contributed by atoms with Crippen molar-refractivity contribution in [1.82, 2.24) is 0 Å². The van der Waals surface area contributed by atoms with Crippen LogP contribution < -0.4 is 10.4 Å². The lowest BCUT2D eigenvalue weighted by Gasteiger charge is -1.97. The van der Waals surface area contributed by atoms with Crippen LogP contribution in [0.2, 0.25) is 0 Å². The van der Waals surface area contributed by atoms with E-state index in [-0.39, 0.29) is 0 Å². The number of rotatable bonds is 0. The molecule has 0 saturated carbocycles. The fourth-order valence-electron chi connectivity index (χ4n) is 1.73. The molecule has 13 heavy (non-hydrogen) atoms. The highest BCUT2D eigenvalue weighted by Crippen LogP contribution is 1.96. The molecule has 0 bridgehead atoms. The van der Waals surface area contributed by atoms with Crippen molar-refractivity contribution in [3.05, 3.63) is 52.4 Å². The predicted octanol–water partition coefficient (Wildman–Crippen LogP) is 1.67. The fourth-order valence-corrected chi connectivity index (χ4v) is 1.73. The van der Waals surface area contributed by atoms with Crippen molar-refractivity contribution in [2.45, 2.75) is 13.8 Å². The van der Waals surface area contributed by atoms with Gasteiger partial charge in [0, 0.05) is 5.22 Å². The van der Waals surface area contributed by atoms with Gasteiger partial charge in [0.1, 0.15) is 0 Å². The van der Waals surface area contributed by atoms with Gasteiger partial charge in [-0.1, -0.05) is 24.3 Å². The SMILES string of the molecule is CC1=c2c(C)cccc2=C=CC=C1. The molecule has 1 aliphatic carbocycles. The number of hydrogen-bond donors (Lipinski definition) is 0. The van der Waals surface area contributed by atoms with E-state index in [0.29, 0.717) is 0 Å². The largest absolute Gasteiger partial charge is 0.112 e. The third-order valence-corrected chi connectivity index (χ3v) is 2.35. The molecule has 0 heteroatoms. The Labute approximate surface area is 78.2 Å². The quantitative estimate of drug-likeness (QED) is 0.553. The van der Waals surface area contributed by atoms with Crippen LogP contribution in [0.4, 0.5) is 0 Å². The lowest BCUT2D eigenvalue weighted by molar-refractivity contribution is 1.35. The second-order valence-electron chi connectivity index (χ2n) is 3.35. The highest BCUT2D eigenvalue weighted by Gasteiger charge is 1.94. The molecule has 0 heterocycles. The minimum absolute atomic E-state index is 1.20. The summed E-state index contributed by atoms with van der Waals surface area (Å²) in [5.41, 5.74) is 5.90. The summed E-state index contributed by atoms with van der Waals surface area (Å²) in [6, 6.07) is 6.33. The Morgan fingerprint density at radius 3 is 2.85 bits per heavy atom. The maximum absolute atomic E-state index is 3.26. The summed E-state index contributed by atoms with van der Waals surface area (Å²) < 4.78 is 0. The number of allylic oxidation sites excluding steroid dienone is 3. The maximum atomic E-state index is 3.26. The first-order valence-corrected chi connectivity index (χ1v) is 4.49. The van der Waals surface area contributed by atoms with Crippen LogP contribution in [-0.4, -0.2) is 0 Å². The van der Waals surface area contributed by atoms with E-state index in [9.17, 15) is 0 Å². The molecule has 1 aromatic rings. The first-order valence-electron chi connectivity index (χ1n) is 4.49. The lowest BCUT2D eigenvalue weighted by atomic mass is 10.1. The fraction of sp³-hybridized carbons (Fsp3) is 0.154. The van der Waals surface area contributed by atoms with E-state index in [4.69, 9.17) is 0 Å². The second-order valence-corrected chi connectivity index (χ2v) is 3.35. The van der Waals surface area contributed by atoms with Crippen molar-refractivity contribution in [3.63, 3.8) is 0 Å². The lowest BCUT2D eigenvalue weighted by Crippen LogP contribution is -2.27. The van der Waals surface area contributed by atoms with Crippen LogP contribution >= 0.6 is 0 Å². The van der Waals surface area contributed by atoms with Crippen molar-refractivity contribution in [3.8, 4) is 0 Å². The van der Waals surface area contributed by atoms with Crippen molar-refractivity contribution in [2.24, 2.45) is 0 Å². The third kappa shape index (κ3) is 1.37. The number of aryl methyl sites for hydroxylation is 1. The van der Waals surface area contributed by atoms with Gasteiger partial charge < -0.3 is 0 Å². The van der Waals surface area contributed by atoms with Crippen LogP contribution in [0.1, 0.15) is 12.5 Å². The van der Waals surface area contributed by atoms with Crippen molar-refractivity contribution in [2.75, 3.05) is 0 Å². The molecule has 0 nitrogen and oxygen atoms in total. The average molecular weight is 168 g/mol. The molecule has 2 rings (SSSR count). The summed E-state index contributed by atoms with van der Waals surface area (Å²) in [5, 5.41) is 2.52. The molecule has 0 amide bonds. The van der Waals surface area contributed by atoms with E-state index in [1.807, 2.05) is 12.2 Å². The normalized spacial score (nSPS) is 13.5. The van der Waals surface area contributed by atoms with Crippen LogP contribution in [-0.2, 0) is 0 Å². The molecule has 0 aliphatic heterocycles. The van der Waals surface area contributed by atoms with Crippen molar-refractivity contribution in [1.29, 1.82) is 0 Å². The standard InChI is InChI=1S/C13H12/c1-10-6-3-4-8-12-9-5-7-11(2)13(10)12/h3-7,9H,1-2H3. The molecule has 0 radical (unpaired) electrons. The Balaban J connectivity index is 3.10. The molecule has 0 spiro atoms. The summed E-state index contributed by atoms with van der Waals surface area (Å²) in [6.45, 7) is 4.28. The van der Waals surface area contributed by atoms with Crippen LogP contribution in [0, 0.1) is 6.92 Å². The monoisotopic (exact) mass is 168 g/mol. The van der Waals surface area contributed by atoms with E-state index in [0.717, 1.165) is 0 Å². The molecule has 1 aliphatic rings. The van der Waals surface area contributed by atoms with Gasteiger partial charge in [0.25, 0.3) is 0 Å². The Bertz CT molecular complexity index is 509. The summed E-state index contributed by atoms with van der Waals surface area (Å²) >= 11 is 0. The minimum atomic E-state index is 1.20. The van der Waals surface area contributed by atoms with Crippen LogP contribution in [0.25, 0.3) is 11.3 Å². The Morgan fingerprint density at radius 1 is 1.15 bits per heavy atom. The Hall–Kier alpha value is -1.52. The van der Waals surface area contributed by atoms with Gasteiger partial charge in [0.15, 0.2) is 0 Å². The highest BCUT2D eigenvalue weighted by molar-refractivity contribution is 5.58. The highest BCUT2D eigenvalue weighted by atomic mass is 14.0. The summed E-state index contributed by atoms with van der Waals surface area (Å²) in [6.07, 6.45) is 6.13. The molecule has 0 atom stereocenters. The summed E-state index contributed by atoms with van der Waals surface area (Å²) in [4.78, 5) is 0. The smallest absolute Gasteiger partial charge is 0.0242 e. The van der Waals surface area contributed by atoms with Crippen LogP contribution in [0.5, 0.6) is 0 Å². The summed E-state index contributed by atoms with van der Waals surface area (Å²) in [7, 11) is 0. The van der Waals surface area contributed by atoms with E-state index < -0.39 is 0 Å². The third-order valence-electron chi connectivity index (χ3n) is 2.35. The van der Waals surface area contributed by atoms with Gasteiger partial charge in [-0.25, -0.2) is 0 Å². The topological polar surface area (TPSA) is 0 Å². The van der Waals surface area contributed by atoms with E-state index >= 15 is 0 Å². The molecule has 0 aromatic heterocycles. The van der Waals surface area contributed by atoms with E-state index in [2.05, 4.69) is 43.9 Å². The molecule has 0 saturated heterocycles. The van der Waals surface area contributed by atoms with E-state index in [1.165, 1.54) is 21.6 Å². The minimum Gasteiger partial charge on any atom is -0.112 e. The average Bonchev–Trinajstić information content (AvgIpc) is 2.29. The summed E-state index contributed by atoms with van der Waals surface area (Å²) in [5.74, 6) is 0. The molecule has 0 unspecified atom stereocenters. The molecule has 0 fully saturated rings. The van der Waals surface area contributed by atoms with Gasteiger partial charge in [-0.3, -0.25) is 0 Å². The van der Waals surface area contributed by atoms with E-state index in [1.54, 1.807) is 0 Å². The Morgan fingerprint density at radius 2 is 2.00 bits per heavy atom. The zero-order valence-corrected chi connectivity index (χ0v) is 7.96. The van der Waals surface area contributed by atoms with Crippen LogP contribution in [0.15, 0.2) is 36.4 Å². The number of hydrogen-bond acceptors (Lipinski definition) is 0. The second kappa shape index (κ2) is 3.08. The maximum Gasteiger partial charge on any atom is 0.0242 e.